The number of hydrogen-bond donors (Lipinski definition) is 1. The number of nitrogens with one attached hydrogen (secondary N) is 1. The molecule has 1 N–H and O–H groups in total. The lowest BCUT2D eigenvalue weighted by Crippen LogP contribution is -2.23. The lowest BCUT2D eigenvalue weighted by atomic mass is 9.89. The summed E-state index contributed by atoms with van der Waals surface area (Å²) in [6.07, 6.45) is 6.50. The molecule has 0 radical (unpaired) electrons. The molecule has 2 nitrogen and oxygen atoms in total. The van der Waals surface area contributed by atoms with Gasteiger partial charge in [-0.2, -0.15) is 0 Å². The van der Waals surface area contributed by atoms with E-state index in [4.69, 9.17) is 4.74 Å². The Bertz CT molecular complexity index is 441. The van der Waals surface area contributed by atoms with Gasteiger partial charge in [-0.3, -0.25) is 0 Å². The number of rotatable bonds is 6. The molecule has 1 aliphatic carbocycles. The smallest absolute Gasteiger partial charge is 0.133 e. The van der Waals surface area contributed by atoms with E-state index in [9.17, 15) is 0 Å². The molecule has 1 aliphatic rings. The van der Waals surface area contributed by atoms with Crippen molar-refractivity contribution in [2.45, 2.75) is 65.0 Å². The summed E-state index contributed by atoms with van der Waals surface area (Å²) in [6, 6.07) is 6.86. The lowest BCUT2D eigenvalue weighted by molar-refractivity contribution is 0.134. The van der Waals surface area contributed by atoms with E-state index < -0.39 is 0 Å². The highest BCUT2D eigenvalue weighted by atomic mass is 79.9. The first-order valence-corrected chi connectivity index (χ1v) is 9.09. The molecule has 0 aliphatic heterocycles. The molecule has 21 heavy (non-hydrogen) atoms. The summed E-state index contributed by atoms with van der Waals surface area (Å²) in [5.74, 6) is 1.85. The number of halogens is 1. The number of ether oxygens (including phenoxy) is 1. The van der Waals surface area contributed by atoms with Crippen molar-refractivity contribution in [2.75, 3.05) is 6.54 Å². The highest BCUT2D eigenvalue weighted by Crippen LogP contribution is 2.32. The van der Waals surface area contributed by atoms with Crippen molar-refractivity contribution in [3.8, 4) is 5.75 Å². The Hall–Kier alpha value is -0.540. The van der Waals surface area contributed by atoms with Gasteiger partial charge in [-0.25, -0.2) is 0 Å². The average molecular weight is 354 g/mol. The van der Waals surface area contributed by atoms with Crippen molar-refractivity contribution in [3.63, 3.8) is 0 Å². The second-order valence-electron chi connectivity index (χ2n) is 6.37. The van der Waals surface area contributed by atoms with Gasteiger partial charge in [0.1, 0.15) is 5.75 Å². The molecule has 0 spiro atoms. The van der Waals surface area contributed by atoms with E-state index in [1.54, 1.807) is 0 Å². The minimum absolute atomic E-state index is 0.380. The van der Waals surface area contributed by atoms with E-state index in [0.29, 0.717) is 12.1 Å². The minimum Gasteiger partial charge on any atom is -0.489 e. The first kappa shape index (κ1) is 16.8. The molecule has 1 unspecified atom stereocenters. The molecular weight excluding hydrogens is 326 g/mol. The van der Waals surface area contributed by atoms with Gasteiger partial charge in [-0.15, -0.1) is 0 Å². The molecule has 0 heterocycles. The molecule has 0 aromatic heterocycles. The Labute approximate surface area is 137 Å². The first-order valence-electron chi connectivity index (χ1n) is 8.29. The number of hydrogen-bond acceptors (Lipinski definition) is 2. The zero-order chi connectivity index (χ0) is 15.2. The van der Waals surface area contributed by atoms with E-state index >= 15 is 0 Å². The molecule has 0 amide bonds. The summed E-state index contributed by atoms with van der Waals surface area (Å²) in [5, 5.41) is 3.52. The summed E-state index contributed by atoms with van der Waals surface area (Å²) in [4.78, 5) is 0. The Morgan fingerprint density at radius 1 is 1.29 bits per heavy atom. The molecule has 2 rings (SSSR count). The summed E-state index contributed by atoms with van der Waals surface area (Å²) in [5.41, 5.74) is 1.31. The van der Waals surface area contributed by atoms with E-state index in [0.717, 1.165) is 29.1 Å². The third kappa shape index (κ3) is 5.00. The van der Waals surface area contributed by atoms with Crippen molar-refractivity contribution in [3.05, 3.63) is 28.2 Å². The highest BCUT2D eigenvalue weighted by Gasteiger charge is 2.20. The molecule has 1 aromatic carbocycles. The molecular formula is C18H28BrNO. The van der Waals surface area contributed by atoms with Crippen LogP contribution in [0.3, 0.4) is 0 Å². The third-order valence-corrected chi connectivity index (χ3v) is 5.03. The van der Waals surface area contributed by atoms with E-state index in [1.165, 1.54) is 31.2 Å². The third-order valence-electron chi connectivity index (χ3n) is 4.41. The zero-order valence-corrected chi connectivity index (χ0v) is 15.1. The molecule has 1 atom stereocenters. The first-order chi connectivity index (χ1) is 10.1. The summed E-state index contributed by atoms with van der Waals surface area (Å²) >= 11 is 3.67. The van der Waals surface area contributed by atoms with E-state index in [-0.39, 0.29) is 0 Å². The average Bonchev–Trinajstić information content (AvgIpc) is 2.49. The summed E-state index contributed by atoms with van der Waals surface area (Å²) < 4.78 is 7.26. The molecule has 1 aromatic rings. The van der Waals surface area contributed by atoms with E-state index in [1.807, 2.05) is 0 Å². The predicted molar refractivity (Wildman–Crippen MR) is 92.9 cm³/mol. The SMILES string of the molecule is CCCNC(C)c1ccc(OC2CCC(C)CC2)c(Br)c1. The summed E-state index contributed by atoms with van der Waals surface area (Å²) in [6.45, 7) is 7.79. The van der Waals surface area contributed by atoms with Gasteiger partial charge in [-0.05, 0) is 85.1 Å². The second-order valence-corrected chi connectivity index (χ2v) is 7.22. The maximum Gasteiger partial charge on any atom is 0.133 e. The molecule has 118 valence electrons. The monoisotopic (exact) mass is 353 g/mol. The Morgan fingerprint density at radius 2 is 2.00 bits per heavy atom. The van der Waals surface area contributed by atoms with Crippen molar-refractivity contribution < 1.29 is 4.74 Å². The van der Waals surface area contributed by atoms with Crippen LogP contribution in [0.1, 0.15) is 64.5 Å². The predicted octanol–water partition coefficient (Wildman–Crippen LogP) is 5.47. The molecule has 1 saturated carbocycles. The molecule has 1 fully saturated rings. The van der Waals surface area contributed by atoms with Gasteiger partial charge in [-0.1, -0.05) is 19.9 Å². The lowest BCUT2D eigenvalue weighted by Gasteiger charge is -2.27. The second kappa shape index (κ2) is 8.19. The highest BCUT2D eigenvalue weighted by molar-refractivity contribution is 9.10. The fourth-order valence-electron chi connectivity index (χ4n) is 2.89. The fourth-order valence-corrected chi connectivity index (χ4v) is 3.38. The molecule has 3 heteroatoms. The van der Waals surface area contributed by atoms with Crippen LogP contribution >= 0.6 is 15.9 Å². The maximum absolute atomic E-state index is 6.18. The van der Waals surface area contributed by atoms with E-state index in [2.05, 4.69) is 60.2 Å². The zero-order valence-electron chi connectivity index (χ0n) is 13.5. The fraction of sp³-hybridized carbons (Fsp3) is 0.667. The molecule has 0 saturated heterocycles. The van der Waals surface area contributed by atoms with Gasteiger partial charge in [0.15, 0.2) is 0 Å². The van der Waals surface area contributed by atoms with Crippen LogP contribution in [-0.4, -0.2) is 12.6 Å². The van der Waals surface area contributed by atoms with Gasteiger partial charge in [0, 0.05) is 6.04 Å². The largest absolute Gasteiger partial charge is 0.489 e. The Morgan fingerprint density at radius 3 is 2.62 bits per heavy atom. The van der Waals surface area contributed by atoms with Crippen molar-refractivity contribution in [2.24, 2.45) is 5.92 Å². The van der Waals surface area contributed by atoms with Crippen molar-refractivity contribution in [1.82, 2.24) is 5.32 Å². The van der Waals surface area contributed by atoms with Crippen LogP contribution in [0.15, 0.2) is 22.7 Å². The standard InChI is InChI=1S/C18H28BrNO/c1-4-11-20-14(3)15-7-10-18(17(19)12-15)21-16-8-5-13(2)6-9-16/h7,10,12-14,16,20H,4-6,8-9,11H2,1-3H3. The van der Waals surface area contributed by atoms with Gasteiger partial charge in [0.25, 0.3) is 0 Å². The topological polar surface area (TPSA) is 21.3 Å². The Balaban J connectivity index is 1.95. The van der Waals surface area contributed by atoms with Crippen LogP contribution in [0.2, 0.25) is 0 Å². The van der Waals surface area contributed by atoms with Gasteiger partial charge >= 0.3 is 0 Å². The minimum atomic E-state index is 0.380. The quantitative estimate of drug-likeness (QED) is 0.732. The number of benzene rings is 1. The summed E-state index contributed by atoms with van der Waals surface area (Å²) in [7, 11) is 0. The van der Waals surface area contributed by atoms with Crippen molar-refractivity contribution in [1.29, 1.82) is 0 Å². The Kier molecular flexibility index (Phi) is 6.56. The maximum atomic E-state index is 6.18. The van der Waals surface area contributed by atoms with Gasteiger partial charge in [0.2, 0.25) is 0 Å². The van der Waals surface area contributed by atoms with Crippen LogP contribution in [0, 0.1) is 5.92 Å². The molecule has 0 bridgehead atoms. The van der Waals surface area contributed by atoms with Crippen LogP contribution < -0.4 is 10.1 Å². The van der Waals surface area contributed by atoms with Gasteiger partial charge < -0.3 is 10.1 Å². The van der Waals surface area contributed by atoms with Crippen LogP contribution in [0.25, 0.3) is 0 Å². The van der Waals surface area contributed by atoms with Gasteiger partial charge in [0.05, 0.1) is 10.6 Å². The van der Waals surface area contributed by atoms with Crippen LogP contribution in [0.4, 0.5) is 0 Å². The van der Waals surface area contributed by atoms with Crippen LogP contribution in [0.5, 0.6) is 5.75 Å². The normalized spacial score (nSPS) is 23.8. The van der Waals surface area contributed by atoms with Crippen molar-refractivity contribution >= 4 is 15.9 Å². The van der Waals surface area contributed by atoms with Crippen LogP contribution in [-0.2, 0) is 0 Å².